The summed E-state index contributed by atoms with van der Waals surface area (Å²) in [6, 6.07) is 5.49. The van der Waals surface area contributed by atoms with Crippen LogP contribution in [0.5, 0.6) is 5.75 Å². The Hall–Kier alpha value is -2.63. The van der Waals surface area contributed by atoms with Gasteiger partial charge in [0.05, 0.1) is 12.2 Å². The van der Waals surface area contributed by atoms with Gasteiger partial charge in [-0.1, -0.05) is 6.58 Å². The molecule has 6 heteroatoms. The maximum Gasteiger partial charge on any atom is 0.335 e. The molecule has 0 amide bonds. The lowest BCUT2D eigenvalue weighted by atomic mass is 10.2. The average Bonchev–Trinajstić information content (AvgIpc) is 2.43. The van der Waals surface area contributed by atoms with E-state index >= 15 is 0 Å². The summed E-state index contributed by atoms with van der Waals surface area (Å²) >= 11 is 0. The van der Waals surface area contributed by atoms with Gasteiger partial charge in [0.15, 0.2) is 0 Å². The van der Waals surface area contributed by atoms with Crippen LogP contribution in [-0.4, -0.2) is 29.6 Å². The van der Waals surface area contributed by atoms with Gasteiger partial charge in [0, 0.05) is 12.5 Å². The number of carbonyl (C=O) groups excluding carboxylic acids is 2. The highest BCUT2D eigenvalue weighted by Crippen LogP contribution is 2.13. The van der Waals surface area contributed by atoms with Crippen LogP contribution in [0.15, 0.2) is 36.9 Å². The van der Waals surface area contributed by atoms with Crippen LogP contribution in [0.25, 0.3) is 0 Å². The van der Waals surface area contributed by atoms with Crippen molar-refractivity contribution >= 4 is 17.9 Å². The van der Waals surface area contributed by atoms with E-state index in [0.717, 1.165) is 6.08 Å². The highest BCUT2D eigenvalue weighted by Gasteiger charge is 2.07. The Labute approximate surface area is 115 Å². The zero-order valence-corrected chi connectivity index (χ0v) is 10.7. The minimum Gasteiger partial charge on any atom is -0.478 e. The van der Waals surface area contributed by atoms with Gasteiger partial charge in [-0.05, 0) is 30.7 Å². The number of hydrogen-bond donors (Lipinski definition) is 1. The molecule has 1 aromatic carbocycles. The van der Waals surface area contributed by atoms with Crippen LogP contribution in [0.2, 0.25) is 0 Å². The summed E-state index contributed by atoms with van der Waals surface area (Å²) in [7, 11) is 0. The third kappa shape index (κ3) is 5.34. The van der Waals surface area contributed by atoms with Gasteiger partial charge in [-0.25, -0.2) is 9.59 Å². The first-order valence-electron chi connectivity index (χ1n) is 5.86. The Morgan fingerprint density at radius 3 is 2.40 bits per heavy atom. The summed E-state index contributed by atoms with van der Waals surface area (Å²) in [5.74, 6) is -1.81. The number of carbonyl (C=O) groups is 3. The van der Waals surface area contributed by atoms with E-state index in [2.05, 4.69) is 6.58 Å². The lowest BCUT2D eigenvalue weighted by Gasteiger charge is -2.05. The summed E-state index contributed by atoms with van der Waals surface area (Å²) in [6.45, 7) is 3.35. The number of rotatable bonds is 7. The van der Waals surface area contributed by atoms with Gasteiger partial charge in [0.1, 0.15) is 5.75 Å². The van der Waals surface area contributed by atoms with E-state index in [4.69, 9.17) is 14.6 Å². The number of benzene rings is 1. The molecule has 0 unspecified atom stereocenters. The highest BCUT2D eigenvalue weighted by molar-refractivity contribution is 5.87. The molecule has 0 saturated heterocycles. The summed E-state index contributed by atoms with van der Waals surface area (Å²) in [5, 5.41) is 8.71. The van der Waals surface area contributed by atoms with E-state index in [1.165, 1.54) is 24.3 Å². The number of carboxylic acid groups (broad SMARTS) is 1. The second-order valence-electron chi connectivity index (χ2n) is 3.78. The molecule has 1 aromatic rings. The Morgan fingerprint density at radius 1 is 1.20 bits per heavy atom. The molecule has 0 saturated carbocycles. The number of hydrogen-bond acceptors (Lipinski definition) is 5. The largest absolute Gasteiger partial charge is 0.478 e. The van der Waals surface area contributed by atoms with Crippen LogP contribution in [0, 0.1) is 0 Å². The van der Waals surface area contributed by atoms with E-state index in [0.29, 0.717) is 6.42 Å². The van der Waals surface area contributed by atoms with Gasteiger partial charge in [-0.15, -0.1) is 0 Å². The third-order valence-electron chi connectivity index (χ3n) is 2.27. The van der Waals surface area contributed by atoms with E-state index in [9.17, 15) is 14.4 Å². The standard InChI is InChI=1S/C14H14O6/c1-2-12(15)19-9-3-4-13(16)20-11-7-5-10(6-8-11)14(17)18/h2,5-8H,1,3-4,9H2,(H,17,18). The SMILES string of the molecule is C=CC(=O)OCCCC(=O)Oc1ccc(C(=O)O)cc1. The molecule has 1 N–H and O–H groups in total. The van der Waals surface area contributed by atoms with E-state index in [-0.39, 0.29) is 24.3 Å². The van der Waals surface area contributed by atoms with Crippen molar-refractivity contribution < 1.29 is 29.0 Å². The molecule has 0 radical (unpaired) electrons. The fourth-order valence-corrected chi connectivity index (χ4v) is 1.30. The van der Waals surface area contributed by atoms with Gasteiger partial charge in [0.2, 0.25) is 0 Å². The smallest absolute Gasteiger partial charge is 0.335 e. The minimum absolute atomic E-state index is 0.0884. The van der Waals surface area contributed by atoms with Gasteiger partial charge in [0.25, 0.3) is 0 Å². The number of ether oxygens (including phenoxy) is 2. The Morgan fingerprint density at radius 2 is 1.85 bits per heavy atom. The normalized spacial score (nSPS) is 9.60. The van der Waals surface area contributed by atoms with Crippen LogP contribution in [0.3, 0.4) is 0 Å². The molecule has 20 heavy (non-hydrogen) atoms. The molecule has 106 valence electrons. The highest BCUT2D eigenvalue weighted by atomic mass is 16.5. The Bertz CT molecular complexity index is 503. The van der Waals surface area contributed by atoms with Crippen LogP contribution < -0.4 is 4.74 Å². The fourth-order valence-electron chi connectivity index (χ4n) is 1.30. The quantitative estimate of drug-likeness (QED) is 0.354. The first kappa shape index (κ1) is 15.4. The lowest BCUT2D eigenvalue weighted by Crippen LogP contribution is -2.10. The van der Waals surface area contributed by atoms with Crippen molar-refractivity contribution in [1.82, 2.24) is 0 Å². The second-order valence-corrected chi connectivity index (χ2v) is 3.78. The average molecular weight is 278 g/mol. The van der Waals surface area contributed by atoms with E-state index < -0.39 is 17.9 Å². The van der Waals surface area contributed by atoms with Crippen LogP contribution in [0.1, 0.15) is 23.2 Å². The topological polar surface area (TPSA) is 89.9 Å². The van der Waals surface area contributed by atoms with Crippen molar-refractivity contribution in [3.05, 3.63) is 42.5 Å². The molecule has 0 spiro atoms. The lowest BCUT2D eigenvalue weighted by molar-refractivity contribution is -0.140. The molecule has 6 nitrogen and oxygen atoms in total. The molecule has 0 bridgehead atoms. The molecule has 0 atom stereocenters. The van der Waals surface area contributed by atoms with Crippen LogP contribution >= 0.6 is 0 Å². The van der Waals surface area contributed by atoms with Gasteiger partial charge >= 0.3 is 17.9 Å². The second kappa shape index (κ2) is 7.73. The maximum atomic E-state index is 11.4. The molecule has 0 fully saturated rings. The van der Waals surface area contributed by atoms with E-state index in [1.54, 1.807) is 0 Å². The van der Waals surface area contributed by atoms with Crippen molar-refractivity contribution in [3.63, 3.8) is 0 Å². The minimum atomic E-state index is -1.05. The summed E-state index contributed by atoms with van der Waals surface area (Å²) < 4.78 is 9.69. The van der Waals surface area contributed by atoms with Crippen molar-refractivity contribution in [1.29, 1.82) is 0 Å². The molecule has 0 heterocycles. The number of esters is 2. The van der Waals surface area contributed by atoms with E-state index in [1.807, 2.05) is 0 Å². The Kier molecular flexibility index (Phi) is 5.96. The van der Waals surface area contributed by atoms with Crippen molar-refractivity contribution in [2.75, 3.05) is 6.61 Å². The van der Waals surface area contributed by atoms with Crippen molar-refractivity contribution in [2.45, 2.75) is 12.8 Å². The predicted molar refractivity (Wildman–Crippen MR) is 69.4 cm³/mol. The molecular weight excluding hydrogens is 264 g/mol. The molecular formula is C14H14O6. The predicted octanol–water partition coefficient (Wildman–Crippen LogP) is 1.80. The summed E-state index contributed by atoms with van der Waals surface area (Å²) in [6.07, 6.45) is 1.47. The molecule has 0 aliphatic carbocycles. The number of carboxylic acids is 1. The zero-order valence-electron chi connectivity index (χ0n) is 10.7. The Balaban J connectivity index is 2.33. The van der Waals surface area contributed by atoms with Crippen LogP contribution in [0.4, 0.5) is 0 Å². The monoisotopic (exact) mass is 278 g/mol. The number of aromatic carboxylic acids is 1. The molecule has 1 rings (SSSR count). The molecule has 0 aromatic heterocycles. The zero-order chi connectivity index (χ0) is 15.0. The molecule has 0 aliphatic rings. The first-order valence-corrected chi connectivity index (χ1v) is 5.86. The molecule has 0 aliphatic heterocycles. The maximum absolute atomic E-state index is 11.4. The summed E-state index contributed by atoms with van der Waals surface area (Å²) in [5.41, 5.74) is 0.112. The summed E-state index contributed by atoms with van der Waals surface area (Å²) in [4.78, 5) is 32.8. The van der Waals surface area contributed by atoms with Crippen molar-refractivity contribution in [2.24, 2.45) is 0 Å². The third-order valence-corrected chi connectivity index (χ3v) is 2.27. The van der Waals surface area contributed by atoms with Crippen LogP contribution in [-0.2, 0) is 14.3 Å². The first-order chi connectivity index (χ1) is 9.52. The van der Waals surface area contributed by atoms with Gasteiger partial charge in [-0.3, -0.25) is 4.79 Å². The van der Waals surface area contributed by atoms with Gasteiger partial charge in [-0.2, -0.15) is 0 Å². The van der Waals surface area contributed by atoms with Gasteiger partial charge < -0.3 is 14.6 Å². The van der Waals surface area contributed by atoms with Crippen molar-refractivity contribution in [3.8, 4) is 5.75 Å². The fraction of sp³-hybridized carbons (Fsp3) is 0.214.